The molecule has 0 saturated carbocycles. The molecule has 1 aromatic carbocycles. The van der Waals surface area contributed by atoms with E-state index in [0.29, 0.717) is 37.1 Å². The maximum absolute atomic E-state index is 14.3. The predicted molar refractivity (Wildman–Crippen MR) is 187 cm³/mol. The average Bonchev–Trinajstić information content (AvgIpc) is 3.92. The summed E-state index contributed by atoms with van der Waals surface area (Å²) in [5.74, 6) is -4.01. The fraction of sp³-hybridized carbons (Fsp3) is 0.417. The van der Waals surface area contributed by atoms with Crippen LogP contribution in [0.4, 0.5) is 0 Å². The highest BCUT2D eigenvalue weighted by atomic mass is 16.4. The summed E-state index contributed by atoms with van der Waals surface area (Å²) >= 11 is 0. The third kappa shape index (κ3) is 9.81. The Balaban J connectivity index is 0.00000175. The van der Waals surface area contributed by atoms with Gasteiger partial charge in [-0.05, 0) is 74.3 Å². The number of nitrogens with zero attached hydrogens (tertiary/aromatic N) is 3. The van der Waals surface area contributed by atoms with Crippen LogP contribution in [-0.4, -0.2) is 110 Å². The smallest absolute Gasteiger partial charge is 0.326 e. The molecule has 17 heteroatoms. The van der Waals surface area contributed by atoms with Gasteiger partial charge in [0.25, 0.3) is 12.4 Å². The molecule has 5 amide bonds. The van der Waals surface area contributed by atoms with Crippen LogP contribution in [0.2, 0.25) is 0 Å². The molecule has 2 aromatic heterocycles. The van der Waals surface area contributed by atoms with Crippen molar-refractivity contribution >= 4 is 42.0 Å². The Morgan fingerprint density at radius 1 is 0.943 bits per heavy atom. The lowest BCUT2D eigenvalue weighted by Gasteiger charge is -2.29. The van der Waals surface area contributed by atoms with E-state index in [9.17, 15) is 33.9 Å². The number of carboxylic acids is 1. The number of rotatable bonds is 6. The van der Waals surface area contributed by atoms with Crippen molar-refractivity contribution in [1.82, 2.24) is 41.3 Å². The molecule has 0 bridgehead atoms. The van der Waals surface area contributed by atoms with Crippen LogP contribution in [0.5, 0.6) is 0 Å². The lowest BCUT2D eigenvalue weighted by molar-refractivity contribution is -0.144. The van der Waals surface area contributed by atoms with Crippen molar-refractivity contribution in [3.8, 4) is 11.4 Å². The number of carboxylic acid groups (broad SMARTS) is 2. The molecule has 2 aliphatic heterocycles. The van der Waals surface area contributed by atoms with Crippen LogP contribution in [0.1, 0.15) is 60.1 Å². The van der Waals surface area contributed by atoms with Crippen LogP contribution in [0, 0.1) is 5.92 Å². The van der Waals surface area contributed by atoms with Gasteiger partial charge >= 0.3 is 5.97 Å². The molecule has 0 radical (unpaired) electrons. The minimum absolute atomic E-state index is 0.0135. The molecular weight excluding hydrogens is 688 g/mol. The van der Waals surface area contributed by atoms with Gasteiger partial charge in [-0.2, -0.15) is 5.10 Å². The molecule has 7 N–H and O–H groups in total. The second-order valence-corrected chi connectivity index (χ2v) is 13.1. The minimum atomic E-state index is -1.37. The molecule has 4 atom stereocenters. The monoisotopic (exact) mass is 730 g/mol. The Labute approximate surface area is 304 Å². The zero-order valence-electron chi connectivity index (χ0n) is 28.8. The molecule has 3 aromatic rings. The summed E-state index contributed by atoms with van der Waals surface area (Å²) in [4.78, 5) is 93.3. The summed E-state index contributed by atoms with van der Waals surface area (Å²) in [5, 5.41) is 34.7. The standard InChI is InChI=1S/C35H40N8O7.CH2O2/c44-30-12-11-26(35(49)50)40-33(47)29-17-23(38-31(45)22-15-20-7-1-2-8-21(20)16-22)19-43(29)34(48)25(10-4-6-14-37-30)39-32(46)28-18-27(41-42-28)24-9-3-5-13-36-24;2-1-3/h1-3,5,7-9,13,18,22-23,25-26,29H,4,6,10-12,14-17,19H2,(H,37,44)(H,38,45)(H,39,46)(H,40,47)(H,41,42)(H,49,50);1H,(H,2,3)/t23-,25+,26?,29+;/m1./s1. The van der Waals surface area contributed by atoms with Gasteiger partial charge in [0.2, 0.25) is 23.6 Å². The van der Waals surface area contributed by atoms with Gasteiger partial charge < -0.3 is 36.4 Å². The van der Waals surface area contributed by atoms with E-state index in [-0.39, 0.29) is 68.7 Å². The number of amides is 5. The highest BCUT2D eigenvalue weighted by molar-refractivity contribution is 5.98. The molecule has 6 rings (SSSR count). The first-order valence-electron chi connectivity index (χ1n) is 17.4. The van der Waals surface area contributed by atoms with Crippen LogP contribution in [0.15, 0.2) is 54.7 Å². The first-order chi connectivity index (χ1) is 25.6. The molecule has 3 aliphatic rings. The number of nitrogens with one attached hydrogen (secondary N) is 5. The van der Waals surface area contributed by atoms with Crippen LogP contribution in [0.25, 0.3) is 11.4 Å². The number of benzene rings is 1. The second-order valence-electron chi connectivity index (χ2n) is 13.1. The van der Waals surface area contributed by atoms with Gasteiger partial charge in [0.05, 0.1) is 5.69 Å². The normalized spacial score (nSPS) is 22.3. The number of fused-ring (bicyclic) bond motifs is 2. The predicted octanol–water partition coefficient (Wildman–Crippen LogP) is 0.421. The fourth-order valence-corrected chi connectivity index (χ4v) is 6.86. The molecule has 2 saturated heterocycles. The Morgan fingerprint density at radius 2 is 1.66 bits per heavy atom. The molecule has 53 heavy (non-hydrogen) atoms. The van der Waals surface area contributed by atoms with Crippen LogP contribution in [0.3, 0.4) is 0 Å². The van der Waals surface area contributed by atoms with Crippen LogP contribution < -0.4 is 21.3 Å². The van der Waals surface area contributed by atoms with Gasteiger partial charge in [0, 0.05) is 37.7 Å². The van der Waals surface area contributed by atoms with E-state index in [1.165, 1.54) is 11.0 Å². The van der Waals surface area contributed by atoms with Gasteiger partial charge in [-0.25, -0.2) is 4.79 Å². The molecule has 17 nitrogen and oxygen atoms in total. The van der Waals surface area contributed by atoms with Gasteiger partial charge in [-0.15, -0.1) is 0 Å². The van der Waals surface area contributed by atoms with E-state index >= 15 is 0 Å². The highest BCUT2D eigenvalue weighted by Crippen LogP contribution is 2.28. The van der Waals surface area contributed by atoms with Gasteiger partial charge in [0.1, 0.15) is 29.5 Å². The summed E-state index contributed by atoms with van der Waals surface area (Å²) in [7, 11) is 0. The van der Waals surface area contributed by atoms with Gasteiger partial charge in [0.15, 0.2) is 0 Å². The molecule has 4 heterocycles. The number of carbonyl (C=O) groups is 7. The van der Waals surface area contributed by atoms with E-state index in [1.54, 1.807) is 24.4 Å². The molecular formula is C36H42N8O9. The minimum Gasteiger partial charge on any atom is -0.483 e. The summed E-state index contributed by atoms with van der Waals surface area (Å²) in [6.45, 7) is 0.0254. The molecule has 1 unspecified atom stereocenters. The van der Waals surface area contributed by atoms with E-state index in [1.807, 2.05) is 24.3 Å². The maximum atomic E-state index is 14.3. The maximum Gasteiger partial charge on any atom is 0.326 e. The molecule has 280 valence electrons. The largest absolute Gasteiger partial charge is 0.483 e. The summed E-state index contributed by atoms with van der Waals surface area (Å²) < 4.78 is 0. The Kier molecular flexibility index (Phi) is 12.9. The highest BCUT2D eigenvalue weighted by Gasteiger charge is 2.44. The topological polar surface area (TPSA) is 253 Å². The van der Waals surface area contributed by atoms with E-state index < -0.39 is 47.9 Å². The molecule has 1 aliphatic carbocycles. The number of carbonyl (C=O) groups excluding carboxylic acids is 5. The summed E-state index contributed by atoms with van der Waals surface area (Å²) in [6, 6.07) is 10.5. The number of H-pyrrole nitrogens is 1. The average molecular weight is 731 g/mol. The third-order valence-corrected chi connectivity index (χ3v) is 9.52. The lowest BCUT2D eigenvalue weighted by atomic mass is 10.0. The number of aromatic amines is 1. The fourth-order valence-electron chi connectivity index (χ4n) is 6.86. The van der Waals surface area contributed by atoms with Gasteiger partial charge in [-0.3, -0.25) is 38.8 Å². The van der Waals surface area contributed by atoms with Crippen molar-refractivity contribution in [2.24, 2.45) is 5.92 Å². The summed E-state index contributed by atoms with van der Waals surface area (Å²) in [5.41, 5.74) is 3.31. The number of hydrogen-bond donors (Lipinski definition) is 7. The number of pyridine rings is 1. The quantitative estimate of drug-likeness (QED) is 0.171. The summed E-state index contributed by atoms with van der Waals surface area (Å²) in [6.07, 6.45) is 3.69. The van der Waals surface area contributed by atoms with Crippen molar-refractivity contribution < 1.29 is 43.8 Å². The van der Waals surface area contributed by atoms with E-state index in [4.69, 9.17) is 9.90 Å². The number of aromatic nitrogens is 3. The zero-order valence-corrected chi connectivity index (χ0v) is 28.8. The van der Waals surface area contributed by atoms with E-state index in [0.717, 1.165) is 11.1 Å². The van der Waals surface area contributed by atoms with Crippen molar-refractivity contribution in [3.05, 3.63) is 71.5 Å². The Morgan fingerprint density at radius 3 is 2.34 bits per heavy atom. The van der Waals surface area contributed by atoms with Crippen molar-refractivity contribution in [1.29, 1.82) is 0 Å². The lowest BCUT2D eigenvalue weighted by Crippen LogP contribution is -2.55. The van der Waals surface area contributed by atoms with Crippen molar-refractivity contribution in [2.45, 2.75) is 75.5 Å². The second kappa shape index (κ2) is 17.9. The van der Waals surface area contributed by atoms with Crippen LogP contribution in [-0.2, 0) is 41.6 Å². The number of hydrogen-bond acceptors (Lipinski definition) is 9. The van der Waals surface area contributed by atoms with Crippen molar-refractivity contribution in [3.63, 3.8) is 0 Å². The van der Waals surface area contributed by atoms with Crippen molar-refractivity contribution in [2.75, 3.05) is 13.1 Å². The van der Waals surface area contributed by atoms with Crippen LogP contribution >= 0.6 is 0 Å². The first kappa shape index (κ1) is 38.1. The Hall–Kier alpha value is -6.13. The SMILES string of the molecule is O=C1CCC(C(=O)O)NC(=O)[C@@H]2C[C@@H](NC(=O)C3Cc4ccccc4C3)CN2C(=O)[C@@H](NC(=O)c2cc(-c3ccccn3)n[nH]2)CCCCN1.O=CO. The Bertz CT molecular complexity index is 1790. The zero-order chi connectivity index (χ0) is 37.9. The third-order valence-electron chi connectivity index (χ3n) is 9.52. The van der Waals surface area contributed by atoms with E-state index in [2.05, 4.69) is 36.4 Å². The van der Waals surface area contributed by atoms with Gasteiger partial charge in [-0.1, -0.05) is 30.3 Å². The number of aliphatic carboxylic acids is 1. The molecule has 0 spiro atoms. The first-order valence-corrected chi connectivity index (χ1v) is 17.4. The molecule has 2 fully saturated rings.